The Hall–Kier alpha value is -7.34. The Morgan fingerprint density at radius 3 is 1.39 bits per heavy atom. The summed E-state index contributed by atoms with van der Waals surface area (Å²) in [5, 5.41) is 10.3. The molecule has 3 aliphatic heterocycles. The van der Waals surface area contributed by atoms with Gasteiger partial charge in [0.05, 0.1) is 7.11 Å². The monoisotopic (exact) mass is 851 g/mol. The molecule has 5 aromatic carbocycles. The zero-order valence-electron chi connectivity index (χ0n) is 36.8. The van der Waals surface area contributed by atoms with Crippen LogP contribution < -0.4 is 40.3 Å². The normalized spacial score (nSPS) is 14.8. The Balaban J connectivity index is 0.000000162. The Morgan fingerprint density at radius 1 is 0.422 bits per heavy atom. The average molecular weight is 852 g/mol. The van der Waals surface area contributed by atoms with Gasteiger partial charge >= 0.3 is 0 Å². The number of rotatable bonds is 12. The second kappa shape index (κ2) is 20.2. The van der Waals surface area contributed by atoms with Crippen LogP contribution in [0, 0.1) is 6.92 Å². The molecule has 3 fully saturated rings. The van der Waals surface area contributed by atoms with Crippen molar-refractivity contribution in [2.24, 2.45) is 0 Å². The van der Waals surface area contributed by atoms with Crippen LogP contribution in [0.3, 0.4) is 0 Å². The van der Waals surface area contributed by atoms with E-state index in [1.165, 1.54) is 48.1 Å². The Morgan fingerprint density at radius 2 is 0.859 bits per heavy atom. The molecule has 0 unspecified atom stereocenters. The largest absolute Gasteiger partial charge is 0.497 e. The van der Waals surface area contributed by atoms with Crippen molar-refractivity contribution in [1.82, 2.24) is 19.9 Å². The quantitative estimate of drug-likeness (QED) is 0.109. The number of aromatic nitrogens is 4. The standard InChI is InChI=1S/C27H27N5O.C25H30N6/c1-33-24-15-13-23(14-16-24)29-26-19-25(30-27(31-26)32-17-5-6-18-32)28-22-11-9-21(10-12-22)20-7-3-2-4-8-20;1-20-9-11-21(12-10-20)26-23-19-24(28-25(27-23)31-13-5-6-14-31)30-17-15-29(16-18-30)22-7-3-2-4-8-22/h2-4,7-16,19H,5-6,17-18H2,1H3,(H2,28,29,30,31);2-4,7-12,19H,5-6,13-18H2,1H3,(H,26,27,28). The van der Waals surface area contributed by atoms with Gasteiger partial charge in [-0.05, 0) is 104 Å². The number of aryl methyl sites for hydroxylation is 1. The maximum Gasteiger partial charge on any atom is 0.229 e. The Kier molecular flexibility index (Phi) is 13.3. The van der Waals surface area contributed by atoms with Crippen molar-refractivity contribution < 1.29 is 4.74 Å². The molecular weight excluding hydrogens is 795 g/mol. The lowest BCUT2D eigenvalue weighted by Crippen LogP contribution is -2.47. The van der Waals surface area contributed by atoms with Crippen LogP contribution in [0.1, 0.15) is 31.2 Å². The lowest BCUT2D eigenvalue weighted by Gasteiger charge is -2.37. The third-order valence-electron chi connectivity index (χ3n) is 11.9. The lowest BCUT2D eigenvalue weighted by molar-refractivity contribution is 0.415. The summed E-state index contributed by atoms with van der Waals surface area (Å²) in [4.78, 5) is 28.8. The summed E-state index contributed by atoms with van der Waals surface area (Å²) in [6, 6.07) is 49.7. The molecule has 0 bridgehead atoms. The SMILES string of the molecule is COc1ccc(Nc2cc(Nc3ccc(-c4ccccc4)cc3)nc(N3CCCC3)n2)cc1.Cc1ccc(Nc2cc(N3CCN(c4ccccc4)CC3)nc(N3CCCC3)n2)cc1. The summed E-state index contributed by atoms with van der Waals surface area (Å²) >= 11 is 0. The zero-order valence-corrected chi connectivity index (χ0v) is 36.8. The van der Waals surface area contributed by atoms with Gasteiger partial charge in [-0.2, -0.15) is 19.9 Å². The van der Waals surface area contributed by atoms with Gasteiger partial charge in [0, 0.05) is 87.2 Å². The number of piperazine rings is 1. The van der Waals surface area contributed by atoms with Crippen LogP contribution in [0.15, 0.2) is 146 Å². The number of hydrogen-bond acceptors (Lipinski definition) is 12. The number of para-hydroxylation sites is 1. The first-order chi connectivity index (χ1) is 31.5. The molecule has 10 rings (SSSR count). The predicted octanol–water partition coefficient (Wildman–Crippen LogP) is 10.7. The minimum Gasteiger partial charge on any atom is -0.497 e. The van der Waals surface area contributed by atoms with Crippen LogP contribution in [0.5, 0.6) is 5.75 Å². The topological polar surface area (TPSA) is 110 Å². The Bertz CT molecular complexity index is 2540. The molecule has 0 radical (unpaired) electrons. The van der Waals surface area contributed by atoms with Gasteiger partial charge in [0.25, 0.3) is 0 Å². The minimum absolute atomic E-state index is 0.745. The van der Waals surface area contributed by atoms with Crippen LogP contribution >= 0.6 is 0 Å². The van der Waals surface area contributed by atoms with Crippen LogP contribution in [0.2, 0.25) is 0 Å². The van der Waals surface area contributed by atoms with Gasteiger partial charge in [-0.1, -0.05) is 78.4 Å². The van der Waals surface area contributed by atoms with Crippen molar-refractivity contribution in [3.63, 3.8) is 0 Å². The van der Waals surface area contributed by atoms with Gasteiger partial charge in [0.15, 0.2) is 0 Å². The first kappa shape index (κ1) is 42.0. The van der Waals surface area contributed by atoms with Crippen molar-refractivity contribution in [3.05, 3.63) is 151 Å². The lowest BCUT2D eigenvalue weighted by atomic mass is 10.1. The molecule has 0 atom stereocenters. The summed E-state index contributed by atoms with van der Waals surface area (Å²) in [6.07, 6.45) is 4.76. The number of methoxy groups -OCH3 is 1. The smallest absolute Gasteiger partial charge is 0.229 e. The van der Waals surface area contributed by atoms with Crippen LogP contribution in [0.4, 0.5) is 57.9 Å². The molecule has 0 spiro atoms. The molecule has 12 nitrogen and oxygen atoms in total. The van der Waals surface area contributed by atoms with Crippen LogP contribution in [0.25, 0.3) is 11.1 Å². The van der Waals surface area contributed by atoms with Crippen molar-refractivity contribution in [2.45, 2.75) is 32.6 Å². The van der Waals surface area contributed by atoms with Crippen molar-refractivity contribution in [3.8, 4) is 16.9 Å². The molecular formula is C52H57N11O. The van der Waals surface area contributed by atoms with Crippen molar-refractivity contribution in [2.75, 3.05) is 95.0 Å². The van der Waals surface area contributed by atoms with Gasteiger partial charge in [-0.3, -0.25) is 0 Å². The van der Waals surface area contributed by atoms with E-state index in [4.69, 9.17) is 24.7 Å². The molecule has 0 saturated carbocycles. The molecule has 326 valence electrons. The van der Waals surface area contributed by atoms with E-state index in [2.05, 4.69) is 152 Å². The maximum absolute atomic E-state index is 5.26. The highest BCUT2D eigenvalue weighted by Gasteiger charge is 2.23. The molecule has 3 aliphatic rings. The van der Waals surface area contributed by atoms with E-state index in [9.17, 15) is 0 Å². The summed E-state index contributed by atoms with van der Waals surface area (Å²) < 4.78 is 5.26. The van der Waals surface area contributed by atoms with E-state index in [0.29, 0.717) is 0 Å². The Labute approximate surface area is 377 Å². The van der Waals surface area contributed by atoms with E-state index in [1.807, 2.05) is 36.4 Å². The number of nitrogens with zero attached hydrogens (tertiary/aromatic N) is 8. The molecule has 0 amide bonds. The van der Waals surface area contributed by atoms with Crippen molar-refractivity contribution in [1.29, 1.82) is 0 Å². The van der Waals surface area contributed by atoms with Gasteiger partial charge in [0.2, 0.25) is 11.9 Å². The predicted molar refractivity (Wildman–Crippen MR) is 264 cm³/mol. The summed E-state index contributed by atoms with van der Waals surface area (Å²) in [5.41, 5.74) is 7.91. The highest BCUT2D eigenvalue weighted by molar-refractivity contribution is 5.70. The number of anilines is 10. The highest BCUT2D eigenvalue weighted by atomic mass is 16.5. The molecule has 5 heterocycles. The maximum atomic E-state index is 5.26. The average Bonchev–Trinajstić information content (AvgIpc) is 4.11. The van der Waals surface area contributed by atoms with Gasteiger partial charge in [-0.25, -0.2) is 0 Å². The summed E-state index contributed by atoms with van der Waals surface area (Å²) in [5.74, 6) is 5.79. The summed E-state index contributed by atoms with van der Waals surface area (Å²) in [7, 11) is 1.67. The fourth-order valence-electron chi connectivity index (χ4n) is 8.29. The number of hydrogen-bond donors (Lipinski definition) is 3. The van der Waals surface area contributed by atoms with E-state index in [1.54, 1.807) is 7.11 Å². The second-order valence-corrected chi connectivity index (χ2v) is 16.5. The highest BCUT2D eigenvalue weighted by Crippen LogP contribution is 2.29. The third kappa shape index (κ3) is 10.8. The van der Waals surface area contributed by atoms with Crippen molar-refractivity contribution >= 4 is 57.9 Å². The number of ether oxygens (including phenoxy) is 1. The molecule has 2 aromatic heterocycles. The third-order valence-corrected chi connectivity index (χ3v) is 11.9. The second-order valence-electron chi connectivity index (χ2n) is 16.5. The number of nitrogens with one attached hydrogen (secondary N) is 3. The van der Waals surface area contributed by atoms with E-state index >= 15 is 0 Å². The fourth-order valence-corrected chi connectivity index (χ4v) is 8.29. The first-order valence-electron chi connectivity index (χ1n) is 22.5. The van der Waals surface area contributed by atoms with Crippen LogP contribution in [-0.4, -0.2) is 79.4 Å². The molecule has 64 heavy (non-hydrogen) atoms. The first-order valence-corrected chi connectivity index (χ1v) is 22.5. The zero-order chi connectivity index (χ0) is 43.5. The molecule has 3 N–H and O–H groups in total. The molecule has 0 aliphatic carbocycles. The van der Waals surface area contributed by atoms with E-state index in [-0.39, 0.29) is 0 Å². The minimum atomic E-state index is 0.745. The van der Waals surface area contributed by atoms with Gasteiger partial charge < -0.3 is 40.3 Å². The van der Waals surface area contributed by atoms with Gasteiger partial charge in [0.1, 0.15) is 29.0 Å². The molecule has 3 saturated heterocycles. The number of benzene rings is 5. The van der Waals surface area contributed by atoms with E-state index in [0.717, 1.165) is 110 Å². The summed E-state index contributed by atoms with van der Waals surface area (Å²) in [6.45, 7) is 10.0. The molecule has 12 heteroatoms. The van der Waals surface area contributed by atoms with Crippen LogP contribution in [-0.2, 0) is 0 Å². The fraction of sp³-hybridized carbons (Fsp3) is 0.269. The molecule has 7 aromatic rings. The van der Waals surface area contributed by atoms with Gasteiger partial charge in [-0.15, -0.1) is 0 Å². The van der Waals surface area contributed by atoms with E-state index < -0.39 is 0 Å².